The fourth-order valence-electron chi connectivity index (χ4n) is 6.90. The molecule has 0 spiro atoms. The van der Waals surface area contributed by atoms with Crippen molar-refractivity contribution in [3.05, 3.63) is 107 Å². The molecule has 2 aliphatic heterocycles. The van der Waals surface area contributed by atoms with Crippen LogP contribution in [0.3, 0.4) is 0 Å². The molecule has 2 aromatic heterocycles. The maximum absolute atomic E-state index is 13.7. The van der Waals surface area contributed by atoms with E-state index in [4.69, 9.17) is 0 Å². The third-order valence-electron chi connectivity index (χ3n) is 10.0. The van der Waals surface area contributed by atoms with E-state index in [0.717, 1.165) is 63.3 Å². The first kappa shape index (κ1) is 40.8. The number of alkyl halides is 3. The van der Waals surface area contributed by atoms with Gasteiger partial charge in [-0.05, 0) is 86.5 Å². The summed E-state index contributed by atoms with van der Waals surface area (Å²) in [4.78, 5) is 42.8. The van der Waals surface area contributed by atoms with Gasteiger partial charge in [-0.15, -0.1) is 0 Å². The SMILES string of the molecule is CN(CCN1CCN(S(C)(=O)=O)CC1)Cc1cccc(C(=O)Nc2ccc(N3CCCCC3)cc2-c2cc(C(=O)NCc3cccc(C(F)(F)F)c3)ccn2)n1. The number of carbonyl (C=O) groups is 2. The van der Waals surface area contributed by atoms with Crippen molar-refractivity contribution in [3.8, 4) is 11.3 Å². The molecule has 0 unspecified atom stereocenters. The number of benzene rings is 2. The summed E-state index contributed by atoms with van der Waals surface area (Å²) in [5.41, 5.74) is 3.20. The summed E-state index contributed by atoms with van der Waals surface area (Å²) in [6.45, 7) is 6.00. The van der Waals surface area contributed by atoms with Gasteiger partial charge in [-0.25, -0.2) is 13.4 Å². The fraction of sp³-hybridized carbons (Fsp3) is 0.400. The Hall–Kier alpha value is -4.90. The highest BCUT2D eigenvalue weighted by molar-refractivity contribution is 7.88. The number of pyridine rings is 2. The smallest absolute Gasteiger partial charge is 0.372 e. The zero-order chi connectivity index (χ0) is 39.9. The van der Waals surface area contributed by atoms with E-state index in [2.05, 4.69) is 35.3 Å². The molecular formula is C40H47F3N8O4S. The molecule has 0 bridgehead atoms. The van der Waals surface area contributed by atoms with Gasteiger partial charge in [0.15, 0.2) is 0 Å². The molecule has 6 rings (SSSR count). The van der Waals surface area contributed by atoms with E-state index in [1.165, 1.54) is 35.0 Å². The van der Waals surface area contributed by atoms with Crippen LogP contribution in [0.4, 0.5) is 24.5 Å². The van der Waals surface area contributed by atoms with Crippen LogP contribution in [0.1, 0.15) is 56.9 Å². The van der Waals surface area contributed by atoms with E-state index in [-0.39, 0.29) is 17.8 Å². The number of hydrogen-bond acceptors (Lipinski definition) is 9. The van der Waals surface area contributed by atoms with Crippen LogP contribution in [0.15, 0.2) is 79.0 Å². The zero-order valence-electron chi connectivity index (χ0n) is 31.6. The number of halogens is 3. The molecule has 0 saturated carbocycles. The molecule has 56 heavy (non-hydrogen) atoms. The quantitative estimate of drug-likeness (QED) is 0.184. The first-order valence-corrected chi connectivity index (χ1v) is 20.5. The Kier molecular flexibility index (Phi) is 13.0. The van der Waals surface area contributed by atoms with Crippen molar-refractivity contribution in [1.29, 1.82) is 0 Å². The van der Waals surface area contributed by atoms with E-state index >= 15 is 0 Å². The molecule has 2 N–H and O–H groups in total. The summed E-state index contributed by atoms with van der Waals surface area (Å²) in [6.07, 6.45) is 1.52. The van der Waals surface area contributed by atoms with Crippen LogP contribution in [0.25, 0.3) is 11.3 Å². The van der Waals surface area contributed by atoms with Crippen molar-refractivity contribution in [1.82, 2.24) is 29.4 Å². The Morgan fingerprint density at radius 3 is 2.36 bits per heavy atom. The third kappa shape index (κ3) is 10.9. The average molecular weight is 793 g/mol. The summed E-state index contributed by atoms with van der Waals surface area (Å²) in [6, 6.07) is 19.0. The van der Waals surface area contributed by atoms with Crippen LogP contribution in [0.2, 0.25) is 0 Å². The van der Waals surface area contributed by atoms with Crippen LogP contribution in [-0.2, 0) is 29.3 Å². The molecular weight excluding hydrogens is 746 g/mol. The number of amides is 2. The summed E-state index contributed by atoms with van der Waals surface area (Å²) in [5.74, 6) is -0.899. The summed E-state index contributed by atoms with van der Waals surface area (Å²) in [7, 11) is -1.21. The predicted octanol–water partition coefficient (Wildman–Crippen LogP) is 5.34. The number of aromatic nitrogens is 2. The average Bonchev–Trinajstić information content (AvgIpc) is 3.19. The number of rotatable bonds is 13. The third-order valence-corrected chi connectivity index (χ3v) is 11.4. The van der Waals surface area contributed by atoms with Gasteiger partial charge in [-0.3, -0.25) is 24.4 Å². The first-order valence-electron chi connectivity index (χ1n) is 18.7. The second-order valence-corrected chi connectivity index (χ2v) is 16.3. The monoisotopic (exact) mass is 792 g/mol. The molecule has 4 aromatic rings. The van der Waals surface area contributed by atoms with Gasteiger partial charge in [0.1, 0.15) is 5.69 Å². The number of likely N-dealkylation sites (N-methyl/N-ethyl adjacent to an activating group) is 1. The van der Waals surface area contributed by atoms with E-state index in [0.29, 0.717) is 60.9 Å². The van der Waals surface area contributed by atoms with Gasteiger partial charge in [0.25, 0.3) is 11.8 Å². The lowest BCUT2D eigenvalue weighted by atomic mass is 10.0. The predicted molar refractivity (Wildman–Crippen MR) is 210 cm³/mol. The van der Waals surface area contributed by atoms with Crippen LogP contribution in [0.5, 0.6) is 0 Å². The Morgan fingerprint density at radius 2 is 1.62 bits per heavy atom. The molecule has 2 aliphatic rings. The van der Waals surface area contributed by atoms with Crippen LogP contribution in [-0.4, -0.2) is 110 Å². The number of piperidine rings is 1. The number of anilines is 2. The van der Waals surface area contributed by atoms with E-state index in [1.807, 2.05) is 31.3 Å². The normalized spacial score (nSPS) is 15.9. The molecule has 2 aromatic carbocycles. The first-order chi connectivity index (χ1) is 26.7. The molecule has 2 amide bonds. The number of hydrogen-bond donors (Lipinski definition) is 2. The number of piperazine rings is 1. The van der Waals surface area contributed by atoms with Crippen molar-refractivity contribution >= 4 is 33.2 Å². The number of nitrogens with zero attached hydrogens (tertiary/aromatic N) is 6. The second-order valence-electron chi connectivity index (χ2n) is 14.3. The Labute approximate surface area is 325 Å². The summed E-state index contributed by atoms with van der Waals surface area (Å²) >= 11 is 0. The molecule has 4 heterocycles. The molecule has 12 nitrogen and oxygen atoms in total. The zero-order valence-corrected chi connectivity index (χ0v) is 32.4. The van der Waals surface area contributed by atoms with Gasteiger partial charge in [0.05, 0.1) is 28.9 Å². The lowest BCUT2D eigenvalue weighted by Crippen LogP contribution is -2.49. The Morgan fingerprint density at radius 1 is 0.875 bits per heavy atom. The number of nitrogens with one attached hydrogen (secondary N) is 2. The molecule has 0 atom stereocenters. The number of sulfonamides is 1. The summed E-state index contributed by atoms with van der Waals surface area (Å²) in [5, 5.41) is 5.72. The molecule has 0 radical (unpaired) electrons. The van der Waals surface area contributed by atoms with Crippen molar-refractivity contribution in [2.24, 2.45) is 0 Å². The van der Waals surface area contributed by atoms with Crippen molar-refractivity contribution in [2.45, 2.75) is 38.5 Å². The highest BCUT2D eigenvalue weighted by Gasteiger charge is 2.30. The van der Waals surface area contributed by atoms with E-state index in [9.17, 15) is 31.2 Å². The lowest BCUT2D eigenvalue weighted by molar-refractivity contribution is -0.137. The molecule has 16 heteroatoms. The fourth-order valence-corrected chi connectivity index (χ4v) is 7.72. The minimum Gasteiger partial charge on any atom is -0.372 e. The van der Waals surface area contributed by atoms with Gasteiger partial charge in [-0.1, -0.05) is 18.2 Å². The summed E-state index contributed by atoms with van der Waals surface area (Å²) < 4.78 is 64.9. The second kappa shape index (κ2) is 17.9. The minimum absolute atomic E-state index is 0.0986. The van der Waals surface area contributed by atoms with Gasteiger partial charge < -0.3 is 15.5 Å². The van der Waals surface area contributed by atoms with Gasteiger partial charge in [-0.2, -0.15) is 17.5 Å². The van der Waals surface area contributed by atoms with Gasteiger partial charge in [0, 0.05) is 88.5 Å². The highest BCUT2D eigenvalue weighted by atomic mass is 32.2. The van der Waals surface area contributed by atoms with Gasteiger partial charge in [0.2, 0.25) is 10.0 Å². The number of carbonyl (C=O) groups excluding carboxylic acids is 2. The molecule has 0 aliphatic carbocycles. The lowest BCUT2D eigenvalue weighted by Gasteiger charge is -2.34. The van der Waals surface area contributed by atoms with Gasteiger partial charge >= 0.3 is 6.18 Å². The van der Waals surface area contributed by atoms with Crippen LogP contribution < -0.4 is 15.5 Å². The Bertz CT molecular complexity index is 2120. The highest BCUT2D eigenvalue weighted by Crippen LogP contribution is 2.33. The minimum atomic E-state index is -4.49. The standard InChI is InChI=1S/C40H47F3N8O4S/c1-48(18-19-49-20-22-51(23-21-49)56(2,54)55)28-32-10-7-11-36(46-32)39(53)47-35-13-12-33(50-16-4-3-5-17-50)26-34(35)37-25-30(14-15-44-37)38(52)45-27-29-8-6-9-31(24-29)40(41,42)43/h6-15,24-26H,3-5,16-23,27-28H2,1-2H3,(H,45,52)(H,47,53). The Balaban J connectivity index is 1.15. The van der Waals surface area contributed by atoms with Crippen molar-refractivity contribution in [3.63, 3.8) is 0 Å². The van der Waals surface area contributed by atoms with Crippen LogP contribution in [0, 0.1) is 0 Å². The maximum Gasteiger partial charge on any atom is 0.416 e. The van der Waals surface area contributed by atoms with Crippen molar-refractivity contribution in [2.75, 3.05) is 75.9 Å². The molecule has 2 saturated heterocycles. The topological polar surface area (TPSA) is 131 Å². The van der Waals surface area contributed by atoms with Crippen molar-refractivity contribution < 1.29 is 31.2 Å². The van der Waals surface area contributed by atoms with E-state index < -0.39 is 33.6 Å². The molecule has 2 fully saturated rings. The largest absolute Gasteiger partial charge is 0.416 e. The molecule has 298 valence electrons. The van der Waals surface area contributed by atoms with Crippen LogP contribution >= 0.6 is 0 Å². The maximum atomic E-state index is 13.7. The van der Waals surface area contributed by atoms with E-state index in [1.54, 1.807) is 18.2 Å².